The fourth-order valence-electron chi connectivity index (χ4n) is 3.09. The molecule has 4 rings (SSSR count). The molecule has 1 aliphatic heterocycles. The van der Waals surface area contributed by atoms with Gasteiger partial charge in [0.25, 0.3) is 0 Å². The highest BCUT2D eigenvalue weighted by atomic mass is 16.6. The molecule has 0 saturated heterocycles. The van der Waals surface area contributed by atoms with Crippen molar-refractivity contribution in [3.05, 3.63) is 64.0 Å². The van der Waals surface area contributed by atoms with Gasteiger partial charge in [-0.3, -0.25) is 4.79 Å². The number of hydrogen-bond donors (Lipinski definition) is 0. The van der Waals surface area contributed by atoms with Crippen molar-refractivity contribution in [2.45, 2.75) is 20.0 Å². The summed E-state index contributed by atoms with van der Waals surface area (Å²) < 4.78 is 21.8. The van der Waals surface area contributed by atoms with E-state index in [-0.39, 0.29) is 23.5 Å². The van der Waals surface area contributed by atoms with Crippen molar-refractivity contribution in [3.8, 4) is 17.2 Å². The summed E-state index contributed by atoms with van der Waals surface area (Å²) in [5.74, 6) is -0.137. The van der Waals surface area contributed by atoms with Crippen LogP contribution >= 0.6 is 0 Å². The number of carbonyl (C=O) groups is 2. The maximum Gasteiger partial charge on any atom is 0.356 e. The van der Waals surface area contributed by atoms with Crippen molar-refractivity contribution in [1.29, 1.82) is 0 Å². The molecule has 0 spiro atoms. The second-order valence-electron chi connectivity index (χ2n) is 6.41. The zero-order valence-electron chi connectivity index (χ0n) is 15.2. The molecule has 0 aliphatic carbocycles. The number of rotatable bonds is 3. The predicted octanol–water partition coefficient (Wildman–Crippen LogP) is 3.05. The molecule has 1 aromatic heterocycles. The molecule has 2 aromatic carbocycles. The van der Waals surface area contributed by atoms with E-state index in [9.17, 15) is 14.4 Å². The third kappa shape index (κ3) is 3.11. The molecule has 0 amide bonds. The Morgan fingerprint density at radius 2 is 1.86 bits per heavy atom. The summed E-state index contributed by atoms with van der Waals surface area (Å²) in [6, 6.07) is 11.4. The average Bonchev–Trinajstić information content (AvgIpc) is 2.66. The van der Waals surface area contributed by atoms with E-state index < -0.39 is 23.5 Å². The fourth-order valence-corrected chi connectivity index (χ4v) is 3.09. The lowest BCUT2D eigenvalue weighted by Crippen LogP contribution is -2.39. The average molecular weight is 380 g/mol. The number of esters is 1. The maximum absolute atomic E-state index is 12.6. The Morgan fingerprint density at radius 1 is 1.11 bits per heavy atom. The first-order chi connectivity index (χ1) is 13.4. The molecule has 28 heavy (non-hydrogen) atoms. The van der Waals surface area contributed by atoms with Crippen LogP contribution in [0.25, 0.3) is 11.0 Å². The van der Waals surface area contributed by atoms with Crippen molar-refractivity contribution in [3.63, 3.8) is 0 Å². The molecule has 1 unspecified atom stereocenters. The lowest BCUT2D eigenvalue weighted by molar-refractivity contribution is -0.144. The minimum absolute atomic E-state index is 0.00112. The summed E-state index contributed by atoms with van der Waals surface area (Å²) in [6.07, 6.45) is -0.991. The van der Waals surface area contributed by atoms with E-state index in [4.69, 9.17) is 18.6 Å². The zero-order chi connectivity index (χ0) is 19.8. The Morgan fingerprint density at radius 3 is 2.61 bits per heavy atom. The molecule has 0 fully saturated rings. The lowest BCUT2D eigenvalue weighted by atomic mass is 10.0. The van der Waals surface area contributed by atoms with Gasteiger partial charge in [-0.05, 0) is 43.7 Å². The zero-order valence-corrected chi connectivity index (χ0v) is 15.2. The van der Waals surface area contributed by atoms with Gasteiger partial charge in [-0.25, -0.2) is 9.59 Å². The van der Waals surface area contributed by atoms with Crippen molar-refractivity contribution < 1.29 is 28.2 Å². The van der Waals surface area contributed by atoms with Gasteiger partial charge in [0.15, 0.2) is 22.9 Å². The Bertz CT molecular complexity index is 1160. The summed E-state index contributed by atoms with van der Waals surface area (Å²) in [5.41, 5.74) is 0.196. The summed E-state index contributed by atoms with van der Waals surface area (Å²) >= 11 is 0. The predicted molar refractivity (Wildman–Crippen MR) is 99.2 cm³/mol. The van der Waals surface area contributed by atoms with Crippen molar-refractivity contribution in [2.75, 3.05) is 6.61 Å². The molecule has 142 valence electrons. The molecule has 0 radical (unpaired) electrons. The highest BCUT2D eigenvalue weighted by Gasteiger charge is 2.30. The van der Waals surface area contributed by atoms with Gasteiger partial charge in [0.2, 0.25) is 6.10 Å². The summed E-state index contributed by atoms with van der Waals surface area (Å²) in [5, 5.41) is 0.593. The van der Waals surface area contributed by atoms with Gasteiger partial charge < -0.3 is 18.6 Å². The maximum atomic E-state index is 12.6. The Balaban J connectivity index is 1.68. The van der Waals surface area contributed by atoms with Gasteiger partial charge in [-0.15, -0.1) is 0 Å². The van der Waals surface area contributed by atoms with Crippen molar-refractivity contribution in [1.82, 2.24) is 0 Å². The van der Waals surface area contributed by atoms with Crippen LogP contribution in [0.2, 0.25) is 0 Å². The number of fused-ring (bicyclic) bond motifs is 2. The first kappa shape index (κ1) is 17.8. The van der Waals surface area contributed by atoms with Crippen LogP contribution in [0.5, 0.6) is 17.2 Å². The van der Waals surface area contributed by atoms with Gasteiger partial charge >= 0.3 is 11.6 Å². The van der Waals surface area contributed by atoms with Crippen LogP contribution in [0.3, 0.4) is 0 Å². The normalized spacial score (nSPS) is 15.3. The second kappa shape index (κ2) is 6.84. The standard InChI is InChI=1S/C21H16O7/c1-11-9-18(23)28-20-13(11)7-8-16(19(20)12(2)22)27-21(24)17-10-25-14-5-3-4-6-15(14)26-17/h3-9,17H,10H2,1-2H3. The molecule has 7 nitrogen and oxygen atoms in total. The van der Waals surface area contributed by atoms with Gasteiger partial charge in [0, 0.05) is 11.5 Å². The topological polar surface area (TPSA) is 92.0 Å². The van der Waals surface area contributed by atoms with E-state index in [0.29, 0.717) is 22.4 Å². The molecule has 3 aromatic rings. The monoisotopic (exact) mass is 380 g/mol. The minimum Gasteiger partial charge on any atom is -0.485 e. The van der Waals surface area contributed by atoms with Crippen LogP contribution in [0.1, 0.15) is 22.8 Å². The van der Waals surface area contributed by atoms with E-state index in [2.05, 4.69) is 0 Å². The molecule has 0 N–H and O–H groups in total. The first-order valence-corrected chi connectivity index (χ1v) is 8.62. The van der Waals surface area contributed by atoms with Crippen LogP contribution in [0, 0.1) is 6.92 Å². The van der Waals surface area contributed by atoms with Gasteiger partial charge in [0.05, 0.1) is 0 Å². The summed E-state index contributed by atoms with van der Waals surface area (Å²) in [7, 11) is 0. The molecule has 0 bridgehead atoms. The number of hydrogen-bond acceptors (Lipinski definition) is 7. The smallest absolute Gasteiger partial charge is 0.356 e. The van der Waals surface area contributed by atoms with E-state index >= 15 is 0 Å². The van der Waals surface area contributed by atoms with Gasteiger partial charge in [0.1, 0.15) is 17.9 Å². The van der Waals surface area contributed by atoms with Crippen LogP contribution in [0.4, 0.5) is 0 Å². The quantitative estimate of drug-likeness (QED) is 0.298. The number of benzene rings is 2. The van der Waals surface area contributed by atoms with E-state index in [1.165, 1.54) is 19.1 Å². The van der Waals surface area contributed by atoms with Crippen molar-refractivity contribution in [2.24, 2.45) is 0 Å². The highest BCUT2D eigenvalue weighted by Crippen LogP contribution is 2.33. The van der Waals surface area contributed by atoms with Crippen LogP contribution in [-0.2, 0) is 4.79 Å². The molecule has 2 heterocycles. The molecule has 1 aliphatic rings. The number of carbonyl (C=O) groups excluding carboxylic acids is 2. The van der Waals surface area contributed by atoms with E-state index in [0.717, 1.165) is 0 Å². The SMILES string of the molecule is CC(=O)c1c(OC(=O)C2COc3ccccc3O2)ccc2c(C)cc(=O)oc12. The third-order valence-electron chi connectivity index (χ3n) is 4.42. The number of aryl methyl sites for hydroxylation is 1. The largest absolute Gasteiger partial charge is 0.485 e. The minimum atomic E-state index is -0.991. The highest BCUT2D eigenvalue weighted by molar-refractivity contribution is 6.08. The Labute approximate surface area is 159 Å². The Hall–Kier alpha value is -3.61. The van der Waals surface area contributed by atoms with E-state index in [1.54, 1.807) is 37.3 Å². The van der Waals surface area contributed by atoms with E-state index in [1.807, 2.05) is 0 Å². The first-order valence-electron chi connectivity index (χ1n) is 8.62. The van der Waals surface area contributed by atoms with Crippen LogP contribution in [-0.4, -0.2) is 24.5 Å². The van der Waals surface area contributed by atoms with Crippen molar-refractivity contribution >= 4 is 22.7 Å². The Kier molecular flexibility index (Phi) is 4.35. The van der Waals surface area contributed by atoms with Gasteiger partial charge in [-0.2, -0.15) is 0 Å². The fraction of sp³-hybridized carbons (Fsp3) is 0.190. The van der Waals surface area contributed by atoms with Crippen LogP contribution in [0.15, 0.2) is 51.7 Å². The van der Waals surface area contributed by atoms with Crippen LogP contribution < -0.4 is 19.8 Å². The molecular formula is C21H16O7. The third-order valence-corrected chi connectivity index (χ3v) is 4.42. The molecule has 0 saturated carbocycles. The number of ketones is 1. The molecular weight excluding hydrogens is 364 g/mol. The second-order valence-corrected chi connectivity index (χ2v) is 6.41. The summed E-state index contributed by atoms with van der Waals surface area (Å²) in [4.78, 5) is 36.6. The van der Waals surface area contributed by atoms with Gasteiger partial charge in [-0.1, -0.05) is 12.1 Å². The number of Topliss-reactive ketones (excluding diaryl/α,β-unsaturated/α-hetero) is 1. The molecule has 1 atom stereocenters. The summed E-state index contributed by atoms with van der Waals surface area (Å²) in [6.45, 7) is 3.03. The number of ether oxygens (including phenoxy) is 3. The number of para-hydroxylation sites is 2. The molecule has 7 heteroatoms. The lowest BCUT2D eigenvalue weighted by Gasteiger charge is -2.25.